The van der Waals surface area contributed by atoms with E-state index in [1.165, 1.54) is 0 Å². The Labute approximate surface area is 178 Å². The van der Waals surface area contributed by atoms with E-state index in [9.17, 15) is 4.79 Å². The second-order valence-corrected chi connectivity index (χ2v) is 6.98. The molecule has 1 aromatic heterocycles. The van der Waals surface area contributed by atoms with Crippen molar-refractivity contribution in [1.82, 2.24) is 15.3 Å². The molecule has 0 saturated carbocycles. The van der Waals surface area contributed by atoms with Gasteiger partial charge in [0.2, 0.25) is 12.7 Å². The molecule has 9 heteroatoms. The van der Waals surface area contributed by atoms with Gasteiger partial charge in [0.1, 0.15) is 6.54 Å². The summed E-state index contributed by atoms with van der Waals surface area (Å²) in [5, 5.41) is 11.5. The van der Waals surface area contributed by atoms with Gasteiger partial charge in [-0.3, -0.25) is 10.2 Å². The van der Waals surface area contributed by atoms with E-state index in [-0.39, 0.29) is 19.2 Å². The minimum absolute atomic E-state index is 0.149. The van der Waals surface area contributed by atoms with Crippen LogP contribution in [-0.4, -0.2) is 35.1 Å². The summed E-state index contributed by atoms with van der Waals surface area (Å²) in [7, 11) is 0. The molecule has 0 fully saturated rings. The van der Waals surface area contributed by atoms with Crippen molar-refractivity contribution in [2.24, 2.45) is 5.10 Å². The van der Waals surface area contributed by atoms with Gasteiger partial charge in [0, 0.05) is 41.0 Å². The highest BCUT2D eigenvalue weighted by Crippen LogP contribution is 2.34. The SMILES string of the molecule is CCNC(=S)NN=Cc1cn(CC(=O)Nc2ccc3c(c2)OCO3)c2ccccc12. The summed E-state index contributed by atoms with van der Waals surface area (Å²) in [5.41, 5.74) is 5.26. The molecule has 8 nitrogen and oxygen atoms in total. The van der Waals surface area contributed by atoms with Crippen LogP contribution < -0.4 is 25.5 Å². The van der Waals surface area contributed by atoms with Crippen LogP contribution in [0.25, 0.3) is 10.9 Å². The van der Waals surface area contributed by atoms with Crippen LogP contribution in [0.5, 0.6) is 11.5 Å². The summed E-state index contributed by atoms with van der Waals surface area (Å²) in [6, 6.07) is 13.2. The molecule has 1 amide bonds. The van der Waals surface area contributed by atoms with E-state index in [1.807, 2.05) is 42.0 Å². The number of nitrogens with one attached hydrogen (secondary N) is 3. The maximum Gasteiger partial charge on any atom is 0.244 e. The monoisotopic (exact) mass is 423 g/mol. The third-order valence-corrected chi connectivity index (χ3v) is 4.73. The molecule has 2 aromatic carbocycles. The zero-order valence-electron chi connectivity index (χ0n) is 16.3. The molecule has 3 N–H and O–H groups in total. The van der Waals surface area contributed by atoms with Gasteiger partial charge in [-0.05, 0) is 37.3 Å². The number of ether oxygens (including phenoxy) is 2. The average Bonchev–Trinajstić information content (AvgIpc) is 3.33. The minimum Gasteiger partial charge on any atom is -0.454 e. The zero-order valence-corrected chi connectivity index (χ0v) is 17.2. The lowest BCUT2D eigenvalue weighted by Crippen LogP contribution is -2.31. The van der Waals surface area contributed by atoms with Crippen molar-refractivity contribution in [3.8, 4) is 11.5 Å². The summed E-state index contributed by atoms with van der Waals surface area (Å²) in [6.07, 6.45) is 3.59. The molecule has 30 heavy (non-hydrogen) atoms. The van der Waals surface area contributed by atoms with Crippen molar-refractivity contribution in [3.05, 3.63) is 54.2 Å². The van der Waals surface area contributed by atoms with Gasteiger partial charge in [0.25, 0.3) is 0 Å². The van der Waals surface area contributed by atoms with E-state index in [4.69, 9.17) is 21.7 Å². The Bertz CT molecular complexity index is 1130. The maximum absolute atomic E-state index is 12.6. The molecule has 0 saturated heterocycles. The zero-order chi connectivity index (χ0) is 20.9. The van der Waals surface area contributed by atoms with Crippen LogP contribution in [0.3, 0.4) is 0 Å². The molecule has 2 heterocycles. The second kappa shape index (κ2) is 8.83. The Morgan fingerprint density at radius 3 is 2.93 bits per heavy atom. The third kappa shape index (κ3) is 4.36. The van der Waals surface area contributed by atoms with Gasteiger partial charge in [-0.2, -0.15) is 5.10 Å². The fourth-order valence-electron chi connectivity index (χ4n) is 3.20. The molecule has 0 spiro atoms. The molecule has 1 aliphatic heterocycles. The van der Waals surface area contributed by atoms with Crippen molar-refractivity contribution in [1.29, 1.82) is 0 Å². The van der Waals surface area contributed by atoms with Crippen LogP contribution in [0.2, 0.25) is 0 Å². The number of amides is 1. The molecule has 0 bridgehead atoms. The Morgan fingerprint density at radius 2 is 2.07 bits per heavy atom. The number of hydrazone groups is 1. The van der Waals surface area contributed by atoms with Gasteiger partial charge in [0.05, 0.1) is 6.21 Å². The fraction of sp³-hybridized carbons (Fsp3) is 0.190. The standard InChI is InChI=1S/C21H21N5O3S/c1-2-22-21(30)25-23-10-14-11-26(17-6-4-3-5-16(14)17)12-20(27)24-15-7-8-18-19(9-15)29-13-28-18/h3-11H,2,12-13H2,1H3,(H,24,27)(H2,22,25,30). The molecule has 0 aliphatic carbocycles. The lowest BCUT2D eigenvalue weighted by molar-refractivity contribution is -0.116. The lowest BCUT2D eigenvalue weighted by Gasteiger charge is -2.08. The first-order valence-electron chi connectivity index (χ1n) is 9.48. The number of aromatic nitrogens is 1. The fourth-order valence-corrected chi connectivity index (χ4v) is 3.40. The number of hydrogen-bond donors (Lipinski definition) is 3. The van der Waals surface area contributed by atoms with Crippen LogP contribution in [0.4, 0.5) is 5.69 Å². The summed E-state index contributed by atoms with van der Waals surface area (Å²) in [6.45, 7) is 3.03. The van der Waals surface area contributed by atoms with Crippen molar-refractivity contribution in [2.45, 2.75) is 13.5 Å². The number of benzene rings is 2. The number of rotatable bonds is 6. The number of carbonyl (C=O) groups is 1. The average molecular weight is 423 g/mol. The quantitative estimate of drug-likeness (QED) is 0.321. The van der Waals surface area contributed by atoms with Crippen molar-refractivity contribution in [2.75, 3.05) is 18.7 Å². The van der Waals surface area contributed by atoms with Crippen LogP contribution in [-0.2, 0) is 11.3 Å². The Hall–Kier alpha value is -3.59. The van der Waals surface area contributed by atoms with Gasteiger partial charge in [-0.15, -0.1) is 0 Å². The van der Waals surface area contributed by atoms with Crippen molar-refractivity contribution >= 4 is 46.0 Å². The number of hydrogen-bond acceptors (Lipinski definition) is 5. The summed E-state index contributed by atoms with van der Waals surface area (Å²) in [4.78, 5) is 12.6. The number of carbonyl (C=O) groups excluding carboxylic acids is 1. The van der Waals surface area contributed by atoms with E-state index < -0.39 is 0 Å². The van der Waals surface area contributed by atoms with Crippen LogP contribution in [0.15, 0.2) is 53.8 Å². The molecule has 0 atom stereocenters. The number of para-hydroxylation sites is 1. The lowest BCUT2D eigenvalue weighted by atomic mass is 10.2. The first-order chi connectivity index (χ1) is 14.6. The molecular weight excluding hydrogens is 402 g/mol. The Kier molecular flexibility index (Phi) is 5.80. The minimum atomic E-state index is -0.149. The van der Waals surface area contributed by atoms with Gasteiger partial charge < -0.3 is 24.7 Å². The van der Waals surface area contributed by atoms with Crippen LogP contribution >= 0.6 is 12.2 Å². The normalized spacial score (nSPS) is 12.3. The molecule has 0 radical (unpaired) electrons. The largest absolute Gasteiger partial charge is 0.454 e. The van der Waals surface area contributed by atoms with Crippen molar-refractivity contribution in [3.63, 3.8) is 0 Å². The predicted octanol–water partition coefficient (Wildman–Crippen LogP) is 2.83. The predicted molar refractivity (Wildman–Crippen MR) is 120 cm³/mol. The second-order valence-electron chi connectivity index (χ2n) is 6.58. The smallest absolute Gasteiger partial charge is 0.244 e. The van der Waals surface area contributed by atoms with Crippen LogP contribution in [0, 0.1) is 0 Å². The molecule has 3 aromatic rings. The molecule has 1 aliphatic rings. The van der Waals surface area contributed by atoms with E-state index in [1.54, 1.807) is 24.4 Å². The number of anilines is 1. The highest BCUT2D eigenvalue weighted by molar-refractivity contribution is 7.80. The number of nitrogens with zero attached hydrogens (tertiary/aromatic N) is 2. The molecule has 4 rings (SSSR count). The first kappa shape index (κ1) is 19.7. The van der Waals surface area contributed by atoms with E-state index >= 15 is 0 Å². The summed E-state index contributed by atoms with van der Waals surface area (Å²) >= 11 is 5.11. The molecular formula is C21H21N5O3S. The molecule has 0 unspecified atom stereocenters. The highest BCUT2D eigenvalue weighted by atomic mass is 32.1. The third-order valence-electron chi connectivity index (χ3n) is 4.50. The van der Waals surface area contributed by atoms with Gasteiger partial charge >= 0.3 is 0 Å². The summed E-state index contributed by atoms with van der Waals surface area (Å²) < 4.78 is 12.5. The van der Waals surface area contributed by atoms with E-state index in [0.717, 1.165) is 23.0 Å². The van der Waals surface area contributed by atoms with Gasteiger partial charge in [0.15, 0.2) is 16.6 Å². The van der Waals surface area contributed by atoms with Gasteiger partial charge in [-0.25, -0.2) is 0 Å². The molecule has 154 valence electrons. The van der Waals surface area contributed by atoms with E-state index in [2.05, 4.69) is 21.2 Å². The number of thiocarbonyl (C=S) groups is 1. The van der Waals surface area contributed by atoms with Crippen molar-refractivity contribution < 1.29 is 14.3 Å². The van der Waals surface area contributed by atoms with Crippen LogP contribution in [0.1, 0.15) is 12.5 Å². The summed E-state index contributed by atoms with van der Waals surface area (Å²) in [5.74, 6) is 1.15. The topological polar surface area (TPSA) is 88.9 Å². The first-order valence-corrected chi connectivity index (χ1v) is 9.89. The van der Waals surface area contributed by atoms with Gasteiger partial charge in [-0.1, -0.05) is 18.2 Å². The Balaban J connectivity index is 1.49. The number of fused-ring (bicyclic) bond motifs is 2. The maximum atomic E-state index is 12.6. The van der Waals surface area contributed by atoms with E-state index in [0.29, 0.717) is 22.3 Å². The Morgan fingerprint density at radius 1 is 1.23 bits per heavy atom. The highest BCUT2D eigenvalue weighted by Gasteiger charge is 2.15.